The molecule has 0 saturated heterocycles. The number of aryl methyl sites for hydroxylation is 1. The largest absolute Gasteiger partial charge is 0.541 e. The van der Waals surface area contributed by atoms with Crippen LogP contribution in [0.1, 0.15) is 45.7 Å². The zero-order chi connectivity index (χ0) is 20.2. The second-order valence-corrected chi connectivity index (χ2v) is 15.0. The van der Waals surface area contributed by atoms with E-state index in [1.165, 1.54) is 0 Å². The number of benzene rings is 1. The Morgan fingerprint density at radius 1 is 1.12 bits per heavy atom. The van der Waals surface area contributed by atoms with E-state index in [9.17, 15) is 4.57 Å². The van der Waals surface area contributed by atoms with Crippen molar-refractivity contribution in [3.8, 4) is 11.5 Å². The van der Waals surface area contributed by atoms with Crippen LogP contribution in [0, 0.1) is 6.92 Å². The van der Waals surface area contributed by atoms with E-state index < -0.39 is 15.9 Å². The van der Waals surface area contributed by atoms with Crippen LogP contribution in [0.2, 0.25) is 18.1 Å². The van der Waals surface area contributed by atoms with Gasteiger partial charge in [-0.25, -0.2) is 0 Å². The molecule has 0 aliphatic carbocycles. The fourth-order valence-electron chi connectivity index (χ4n) is 2.18. The lowest BCUT2D eigenvalue weighted by molar-refractivity contribution is 0.205. The highest BCUT2D eigenvalue weighted by Gasteiger charge is 2.40. The Hall–Kier alpha value is -0.813. The van der Waals surface area contributed by atoms with Gasteiger partial charge in [-0.05, 0) is 55.2 Å². The van der Waals surface area contributed by atoms with Crippen molar-refractivity contribution in [3.63, 3.8) is 0 Å². The molecule has 0 heterocycles. The molecule has 1 atom stereocenters. The minimum atomic E-state index is -3.04. The number of hydrogen-bond donors (Lipinski definition) is 0. The third kappa shape index (κ3) is 5.85. The molecule has 0 N–H and O–H groups in total. The van der Waals surface area contributed by atoms with Crippen LogP contribution in [-0.4, -0.2) is 28.2 Å². The molecule has 1 unspecified atom stereocenters. The van der Waals surface area contributed by atoms with E-state index in [-0.39, 0.29) is 11.6 Å². The summed E-state index contributed by atoms with van der Waals surface area (Å²) in [7, 11) is -3.39. The molecular weight excluding hydrogens is 367 g/mol. The summed E-state index contributed by atoms with van der Waals surface area (Å²) in [5.74, 6) is 1.46. The first kappa shape index (κ1) is 23.2. The molecule has 5 nitrogen and oxygen atoms in total. The smallest absolute Gasteiger partial charge is 0.330 e. The van der Waals surface area contributed by atoms with Gasteiger partial charge in [-0.3, -0.25) is 4.57 Å². The van der Waals surface area contributed by atoms with E-state index in [0.29, 0.717) is 18.5 Å². The van der Waals surface area contributed by atoms with Gasteiger partial charge in [0.05, 0.1) is 20.3 Å². The van der Waals surface area contributed by atoms with E-state index in [1.54, 1.807) is 14.0 Å². The average Bonchev–Trinajstić information content (AvgIpc) is 2.54. The summed E-state index contributed by atoms with van der Waals surface area (Å²) in [4.78, 5) is 0. The molecule has 26 heavy (non-hydrogen) atoms. The highest BCUT2D eigenvalue weighted by molar-refractivity contribution is 7.53. The van der Waals surface area contributed by atoms with Gasteiger partial charge in [0, 0.05) is 6.16 Å². The molecule has 1 rings (SSSR count). The lowest BCUT2D eigenvalue weighted by atomic mass is 10.1. The molecule has 150 valence electrons. The predicted molar refractivity (Wildman–Crippen MR) is 110 cm³/mol. The minimum absolute atomic E-state index is 0.0947. The van der Waals surface area contributed by atoms with Gasteiger partial charge in [0.1, 0.15) is 5.75 Å². The molecule has 0 aromatic heterocycles. The minimum Gasteiger partial charge on any atom is -0.541 e. The van der Waals surface area contributed by atoms with Crippen LogP contribution in [0.25, 0.3) is 0 Å². The topological polar surface area (TPSA) is 54.0 Å². The van der Waals surface area contributed by atoms with Gasteiger partial charge in [-0.1, -0.05) is 27.7 Å². The van der Waals surface area contributed by atoms with Crippen molar-refractivity contribution in [1.82, 2.24) is 0 Å². The predicted octanol–water partition coefficient (Wildman–Crippen LogP) is 6.15. The molecule has 0 aliphatic rings. The van der Waals surface area contributed by atoms with E-state index in [0.717, 1.165) is 16.9 Å². The second-order valence-electron chi connectivity index (χ2n) is 7.92. The van der Waals surface area contributed by atoms with Crippen molar-refractivity contribution in [3.05, 3.63) is 23.3 Å². The molecule has 0 spiro atoms. The Balaban J connectivity index is 3.09. The number of rotatable bonds is 9. The van der Waals surface area contributed by atoms with Crippen LogP contribution in [0.3, 0.4) is 0 Å². The molecule has 0 saturated carbocycles. The maximum atomic E-state index is 12.5. The summed E-state index contributed by atoms with van der Waals surface area (Å²) in [6.07, 6.45) is 0.351. The summed E-state index contributed by atoms with van der Waals surface area (Å²) in [5, 5.41) is 0.0947. The van der Waals surface area contributed by atoms with Crippen LogP contribution < -0.4 is 9.16 Å². The SMILES string of the molecule is CCOP(=O)(CC)OCc1cc(C)c(O[Si](C)(C)C(C)(C)C)c(OC)c1. The Morgan fingerprint density at radius 2 is 1.73 bits per heavy atom. The molecule has 0 fully saturated rings. The molecule has 0 aliphatic heterocycles. The zero-order valence-electron chi connectivity index (χ0n) is 17.8. The molecule has 1 aromatic rings. The molecule has 1 aromatic carbocycles. The van der Waals surface area contributed by atoms with Crippen LogP contribution >= 0.6 is 7.60 Å². The zero-order valence-corrected chi connectivity index (χ0v) is 19.7. The Labute approximate surface area is 160 Å². The maximum Gasteiger partial charge on any atom is 0.330 e. The Morgan fingerprint density at radius 3 is 2.19 bits per heavy atom. The summed E-state index contributed by atoms with van der Waals surface area (Å²) in [5.41, 5.74) is 1.87. The van der Waals surface area contributed by atoms with Crippen LogP contribution in [0.5, 0.6) is 11.5 Å². The van der Waals surface area contributed by atoms with Gasteiger partial charge in [0.25, 0.3) is 8.32 Å². The van der Waals surface area contributed by atoms with Crippen molar-refractivity contribution in [2.45, 2.75) is 66.3 Å². The average molecular weight is 403 g/mol. The van der Waals surface area contributed by atoms with E-state index in [4.69, 9.17) is 18.2 Å². The van der Waals surface area contributed by atoms with Gasteiger partial charge in [0.2, 0.25) is 0 Å². The fraction of sp³-hybridized carbons (Fsp3) is 0.684. The fourth-order valence-corrected chi connectivity index (χ4v) is 4.43. The van der Waals surface area contributed by atoms with Crippen molar-refractivity contribution >= 4 is 15.9 Å². The van der Waals surface area contributed by atoms with Crippen molar-refractivity contribution in [2.24, 2.45) is 0 Å². The van der Waals surface area contributed by atoms with Gasteiger partial charge in [-0.15, -0.1) is 0 Å². The normalized spacial score (nSPS) is 14.8. The lowest BCUT2D eigenvalue weighted by Gasteiger charge is -2.37. The second kappa shape index (κ2) is 8.92. The van der Waals surface area contributed by atoms with E-state index in [1.807, 2.05) is 26.0 Å². The van der Waals surface area contributed by atoms with Crippen molar-refractivity contribution < 1.29 is 22.8 Å². The van der Waals surface area contributed by atoms with Crippen LogP contribution in [0.4, 0.5) is 0 Å². The molecule has 7 heteroatoms. The van der Waals surface area contributed by atoms with Gasteiger partial charge >= 0.3 is 7.60 Å². The first-order valence-electron chi connectivity index (χ1n) is 9.13. The Kier molecular flexibility index (Phi) is 7.97. The van der Waals surface area contributed by atoms with E-state index >= 15 is 0 Å². The van der Waals surface area contributed by atoms with Crippen LogP contribution in [-0.2, 0) is 20.2 Å². The first-order chi connectivity index (χ1) is 11.9. The van der Waals surface area contributed by atoms with Crippen LogP contribution in [0.15, 0.2) is 12.1 Å². The summed E-state index contributed by atoms with van der Waals surface area (Å²) < 4.78 is 35.4. The summed E-state index contributed by atoms with van der Waals surface area (Å²) in [6, 6.07) is 3.89. The summed E-state index contributed by atoms with van der Waals surface area (Å²) >= 11 is 0. The quantitative estimate of drug-likeness (QED) is 0.366. The molecule has 0 radical (unpaired) electrons. The van der Waals surface area contributed by atoms with Crippen molar-refractivity contribution in [2.75, 3.05) is 19.9 Å². The maximum absolute atomic E-state index is 12.5. The first-order valence-corrected chi connectivity index (χ1v) is 13.8. The number of hydrogen-bond acceptors (Lipinski definition) is 5. The number of ether oxygens (including phenoxy) is 1. The molecular formula is C19H35O5PSi. The van der Waals surface area contributed by atoms with Gasteiger partial charge in [0.15, 0.2) is 5.75 Å². The van der Waals surface area contributed by atoms with Gasteiger partial charge in [-0.2, -0.15) is 0 Å². The molecule has 0 amide bonds. The lowest BCUT2D eigenvalue weighted by Crippen LogP contribution is -2.44. The highest BCUT2D eigenvalue weighted by Crippen LogP contribution is 2.49. The monoisotopic (exact) mass is 402 g/mol. The highest BCUT2D eigenvalue weighted by atomic mass is 31.2. The molecule has 0 bridgehead atoms. The standard InChI is InChI=1S/C19H35O5PSi/c1-10-22-25(20,11-2)23-14-16-12-15(3)18(17(13-16)21-7)24-26(8,9)19(4,5)6/h12-13H,10-11,14H2,1-9H3. The third-order valence-electron chi connectivity index (χ3n) is 4.82. The third-order valence-corrected chi connectivity index (χ3v) is 11.1. The Bertz CT molecular complexity index is 652. The van der Waals surface area contributed by atoms with Gasteiger partial charge < -0.3 is 18.2 Å². The number of methoxy groups -OCH3 is 1. The summed E-state index contributed by atoms with van der Waals surface area (Å²) in [6.45, 7) is 17.2. The van der Waals surface area contributed by atoms with E-state index in [2.05, 4.69) is 33.9 Å². The van der Waals surface area contributed by atoms with Crippen molar-refractivity contribution in [1.29, 1.82) is 0 Å².